The summed E-state index contributed by atoms with van der Waals surface area (Å²) < 4.78 is 5.05. The summed E-state index contributed by atoms with van der Waals surface area (Å²) in [4.78, 5) is 11.6. The van der Waals surface area contributed by atoms with E-state index in [1.54, 1.807) is 6.07 Å². The number of aromatic hydroxyl groups is 1. The number of hydrogen-bond donors (Lipinski definition) is 1. The summed E-state index contributed by atoms with van der Waals surface area (Å²) in [7, 11) is 0. The van der Waals surface area contributed by atoms with Crippen molar-refractivity contribution in [2.75, 3.05) is 0 Å². The summed E-state index contributed by atoms with van der Waals surface area (Å²) in [5.74, 6) is -0.0256. The Kier molecular flexibility index (Phi) is 2.38. The molecule has 3 aromatic rings. The molecule has 1 heterocycles. The summed E-state index contributed by atoms with van der Waals surface area (Å²) in [6.07, 6.45) is 0. The zero-order chi connectivity index (χ0) is 12.5. The van der Waals surface area contributed by atoms with Crippen LogP contribution in [-0.4, -0.2) is 5.11 Å². The first-order chi connectivity index (χ1) is 8.75. The Balaban J connectivity index is 2.43. The highest BCUT2D eigenvalue weighted by Crippen LogP contribution is 2.31. The number of rotatable bonds is 1. The third-order valence-corrected chi connectivity index (χ3v) is 2.83. The van der Waals surface area contributed by atoms with E-state index in [0.717, 1.165) is 16.5 Å². The molecule has 1 N–H and O–H groups in total. The Hall–Kier alpha value is -2.55. The predicted octanol–water partition coefficient (Wildman–Crippen LogP) is 3.17. The van der Waals surface area contributed by atoms with E-state index in [0.29, 0.717) is 0 Å². The van der Waals surface area contributed by atoms with E-state index in [2.05, 4.69) is 0 Å². The minimum absolute atomic E-state index is 0.0256. The molecule has 88 valence electrons. The van der Waals surface area contributed by atoms with Gasteiger partial charge in [-0.3, -0.25) is 0 Å². The molecule has 0 aliphatic rings. The molecule has 1 aromatic heterocycles. The van der Waals surface area contributed by atoms with Crippen LogP contribution in [0.15, 0.2) is 63.8 Å². The van der Waals surface area contributed by atoms with Gasteiger partial charge in [0.25, 0.3) is 0 Å². The van der Waals surface area contributed by atoms with Gasteiger partial charge in [-0.25, -0.2) is 4.79 Å². The third-order valence-electron chi connectivity index (χ3n) is 2.83. The van der Waals surface area contributed by atoms with Crippen molar-refractivity contribution in [1.29, 1.82) is 0 Å². The van der Waals surface area contributed by atoms with Gasteiger partial charge in [-0.2, -0.15) is 0 Å². The molecule has 0 unspecified atom stereocenters. The lowest BCUT2D eigenvalue weighted by molar-refractivity contribution is 0.457. The van der Waals surface area contributed by atoms with Gasteiger partial charge in [-0.05, 0) is 17.2 Å². The van der Waals surface area contributed by atoms with E-state index in [4.69, 9.17) is 4.42 Å². The van der Waals surface area contributed by atoms with Gasteiger partial charge in [-0.15, -0.1) is 0 Å². The number of hydrogen-bond acceptors (Lipinski definition) is 3. The molecule has 0 aliphatic heterocycles. The van der Waals surface area contributed by atoms with Crippen molar-refractivity contribution in [3.8, 4) is 16.9 Å². The molecule has 18 heavy (non-hydrogen) atoms. The second kappa shape index (κ2) is 4.04. The molecule has 0 bridgehead atoms. The maximum atomic E-state index is 11.6. The summed E-state index contributed by atoms with van der Waals surface area (Å²) in [6, 6.07) is 16.0. The highest BCUT2D eigenvalue weighted by atomic mass is 16.4. The zero-order valence-electron chi connectivity index (χ0n) is 9.46. The molecule has 0 amide bonds. The maximum Gasteiger partial charge on any atom is 0.336 e. The quantitative estimate of drug-likeness (QED) is 0.662. The summed E-state index contributed by atoms with van der Waals surface area (Å²) in [6.45, 7) is 0. The highest BCUT2D eigenvalue weighted by Gasteiger charge is 2.09. The number of phenolic OH excluding ortho intramolecular Hbond substituents is 1. The Morgan fingerprint density at radius 3 is 2.50 bits per heavy atom. The SMILES string of the molecule is O=c1cc(-c2ccccc2)c2cccc(O)c2o1. The number of benzene rings is 2. The van der Waals surface area contributed by atoms with Crippen LogP contribution >= 0.6 is 0 Å². The maximum absolute atomic E-state index is 11.6. The van der Waals surface area contributed by atoms with E-state index < -0.39 is 5.63 Å². The van der Waals surface area contributed by atoms with Crippen LogP contribution in [0.5, 0.6) is 5.75 Å². The van der Waals surface area contributed by atoms with E-state index in [1.165, 1.54) is 12.1 Å². The highest BCUT2D eigenvalue weighted by molar-refractivity contribution is 5.95. The van der Waals surface area contributed by atoms with E-state index >= 15 is 0 Å². The van der Waals surface area contributed by atoms with Crippen molar-refractivity contribution in [1.82, 2.24) is 0 Å². The summed E-state index contributed by atoms with van der Waals surface area (Å²) in [5, 5.41) is 10.5. The van der Waals surface area contributed by atoms with Crippen LogP contribution in [-0.2, 0) is 0 Å². The molecule has 2 aromatic carbocycles. The van der Waals surface area contributed by atoms with Crippen molar-refractivity contribution in [3.63, 3.8) is 0 Å². The lowest BCUT2D eigenvalue weighted by atomic mass is 10.0. The minimum Gasteiger partial charge on any atom is -0.504 e. The van der Waals surface area contributed by atoms with Gasteiger partial charge in [0.15, 0.2) is 11.3 Å². The first-order valence-corrected chi connectivity index (χ1v) is 5.57. The van der Waals surface area contributed by atoms with Crippen molar-refractivity contribution in [2.24, 2.45) is 0 Å². The number of fused-ring (bicyclic) bond motifs is 1. The fraction of sp³-hybridized carbons (Fsp3) is 0. The molecule has 0 radical (unpaired) electrons. The molecule has 0 atom stereocenters. The minimum atomic E-state index is -0.470. The number of phenols is 1. The lowest BCUT2D eigenvalue weighted by Gasteiger charge is -2.06. The lowest BCUT2D eigenvalue weighted by Crippen LogP contribution is -1.98. The molecule has 3 rings (SSSR count). The van der Waals surface area contributed by atoms with Crippen molar-refractivity contribution in [3.05, 3.63) is 65.0 Å². The van der Waals surface area contributed by atoms with Crippen LogP contribution in [0.3, 0.4) is 0 Å². The van der Waals surface area contributed by atoms with Crippen LogP contribution in [0.25, 0.3) is 22.1 Å². The Morgan fingerprint density at radius 1 is 0.944 bits per heavy atom. The Morgan fingerprint density at radius 2 is 1.72 bits per heavy atom. The molecular weight excluding hydrogens is 228 g/mol. The molecule has 0 saturated heterocycles. The monoisotopic (exact) mass is 238 g/mol. The fourth-order valence-electron chi connectivity index (χ4n) is 2.03. The van der Waals surface area contributed by atoms with Crippen LogP contribution < -0.4 is 5.63 Å². The molecular formula is C15H10O3. The number of para-hydroxylation sites is 1. The average molecular weight is 238 g/mol. The van der Waals surface area contributed by atoms with E-state index in [9.17, 15) is 9.90 Å². The molecule has 0 saturated carbocycles. The largest absolute Gasteiger partial charge is 0.504 e. The second-order valence-corrected chi connectivity index (χ2v) is 4.00. The van der Waals surface area contributed by atoms with Crippen LogP contribution in [0.4, 0.5) is 0 Å². The Bertz CT molecular complexity index is 758. The normalized spacial score (nSPS) is 10.7. The molecule has 3 heteroatoms. The van der Waals surface area contributed by atoms with Crippen LogP contribution in [0, 0.1) is 0 Å². The van der Waals surface area contributed by atoms with Gasteiger partial charge in [0.1, 0.15) is 0 Å². The first-order valence-electron chi connectivity index (χ1n) is 5.57. The smallest absolute Gasteiger partial charge is 0.336 e. The molecule has 3 nitrogen and oxygen atoms in total. The second-order valence-electron chi connectivity index (χ2n) is 4.00. The fourth-order valence-corrected chi connectivity index (χ4v) is 2.03. The third kappa shape index (κ3) is 1.66. The topological polar surface area (TPSA) is 50.4 Å². The summed E-state index contributed by atoms with van der Waals surface area (Å²) in [5.41, 5.74) is 1.44. The van der Waals surface area contributed by atoms with Gasteiger partial charge < -0.3 is 9.52 Å². The van der Waals surface area contributed by atoms with Crippen LogP contribution in [0.1, 0.15) is 0 Å². The van der Waals surface area contributed by atoms with Crippen molar-refractivity contribution < 1.29 is 9.52 Å². The zero-order valence-corrected chi connectivity index (χ0v) is 9.46. The van der Waals surface area contributed by atoms with E-state index in [1.807, 2.05) is 36.4 Å². The first kappa shape index (κ1) is 10.6. The molecule has 0 fully saturated rings. The average Bonchev–Trinajstić information content (AvgIpc) is 2.40. The van der Waals surface area contributed by atoms with Crippen LogP contribution in [0.2, 0.25) is 0 Å². The summed E-state index contributed by atoms with van der Waals surface area (Å²) >= 11 is 0. The van der Waals surface area contributed by atoms with Gasteiger partial charge in [0, 0.05) is 11.5 Å². The Labute approximate surface area is 103 Å². The predicted molar refractivity (Wildman–Crippen MR) is 69.6 cm³/mol. The standard InChI is InChI=1S/C15H10O3/c16-13-8-4-7-11-12(9-14(17)18-15(11)13)10-5-2-1-3-6-10/h1-9,16H. The van der Waals surface area contributed by atoms with Gasteiger partial charge in [0.2, 0.25) is 0 Å². The van der Waals surface area contributed by atoms with Gasteiger partial charge >= 0.3 is 5.63 Å². The van der Waals surface area contributed by atoms with Crippen molar-refractivity contribution in [2.45, 2.75) is 0 Å². The van der Waals surface area contributed by atoms with Gasteiger partial charge in [-0.1, -0.05) is 42.5 Å². The molecule has 0 aliphatic carbocycles. The molecule has 0 spiro atoms. The van der Waals surface area contributed by atoms with Crippen molar-refractivity contribution >= 4 is 11.0 Å². The van der Waals surface area contributed by atoms with Gasteiger partial charge in [0.05, 0.1) is 0 Å². The van der Waals surface area contributed by atoms with E-state index in [-0.39, 0.29) is 11.3 Å².